The Kier molecular flexibility index (Phi) is 3.40. The summed E-state index contributed by atoms with van der Waals surface area (Å²) in [6, 6.07) is 6.21. The number of rotatable bonds is 4. The van der Waals surface area contributed by atoms with Gasteiger partial charge in [0.15, 0.2) is 0 Å². The molecule has 3 N–H and O–H groups in total. The fourth-order valence-electron chi connectivity index (χ4n) is 2.20. The van der Waals surface area contributed by atoms with Gasteiger partial charge >= 0.3 is 0 Å². The molecule has 3 nitrogen and oxygen atoms in total. The second kappa shape index (κ2) is 4.67. The molecule has 1 unspecified atom stereocenters. The molecule has 0 saturated heterocycles. The highest BCUT2D eigenvalue weighted by Crippen LogP contribution is 2.35. The topological polar surface area (TPSA) is 55.5 Å². The summed E-state index contributed by atoms with van der Waals surface area (Å²) in [5, 5.41) is 9.63. The van der Waals surface area contributed by atoms with Crippen molar-refractivity contribution in [1.82, 2.24) is 0 Å². The van der Waals surface area contributed by atoms with E-state index in [1.165, 1.54) is 11.1 Å². The van der Waals surface area contributed by atoms with E-state index in [4.69, 9.17) is 10.5 Å². The van der Waals surface area contributed by atoms with Crippen LogP contribution >= 0.6 is 0 Å². The second-order valence-electron chi connectivity index (χ2n) is 5.38. The maximum atomic E-state index is 9.63. The molecule has 2 rings (SSSR count). The first-order valence-electron chi connectivity index (χ1n) is 6.20. The maximum Gasteiger partial charge on any atom is 0.122 e. The molecule has 94 valence electrons. The van der Waals surface area contributed by atoms with Crippen molar-refractivity contribution in [2.75, 3.05) is 6.61 Å². The number of fused-ring (bicyclic) bond motifs is 1. The first-order valence-corrected chi connectivity index (χ1v) is 6.20. The zero-order valence-electron chi connectivity index (χ0n) is 10.6. The third kappa shape index (κ3) is 2.99. The molecule has 0 radical (unpaired) electrons. The molecule has 0 saturated carbocycles. The largest absolute Gasteiger partial charge is 0.493 e. The molecule has 0 heterocycles. The summed E-state index contributed by atoms with van der Waals surface area (Å²) < 4.78 is 5.76. The lowest BCUT2D eigenvalue weighted by atomic mass is 10.1. The summed E-state index contributed by atoms with van der Waals surface area (Å²) in [4.78, 5) is 0. The molecule has 1 aliphatic carbocycles. The van der Waals surface area contributed by atoms with Crippen molar-refractivity contribution in [2.45, 2.75) is 44.8 Å². The van der Waals surface area contributed by atoms with E-state index in [1.54, 1.807) is 13.8 Å². The first kappa shape index (κ1) is 12.4. The third-order valence-corrected chi connectivity index (χ3v) is 3.25. The Bertz CT molecular complexity index is 396. The van der Waals surface area contributed by atoms with E-state index in [9.17, 15) is 5.11 Å². The first-order chi connectivity index (χ1) is 7.97. The molecule has 1 aliphatic rings. The van der Waals surface area contributed by atoms with Gasteiger partial charge in [-0.1, -0.05) is 12.1 Å². The van der Waals surface area contributed by atoms with Crippen molar-refractivity contribution >= 4 is 0 Å². The highest BCUT2D eigenvalue weighted by molar-refractivity contribution is 5.44. The van der Waals surface area contributed by atoms with Crippen molar-refractivity contribution in [3.63, 3.8) is 0 Å². The Balaban J connectivity index is 2.03. The molecule has 1 atom stereocenters. The van der Waals surface area contributed by atoms with Gasteiger partial charge < -0.3 is 15.6 Å². The van der Waals surface area contributed by atoms with Gasteiger partial charge in [0, 0.05) is 12.5 Å². The van der Waals surface area contributed by atoms with Gasteiger partial charge in [0.25, 0.3) is 0 Å². The minimum absolute atomic E-state index is 0.155. The van der Waals surface area contributed by atoms with E-state index in [1.807, 2.05) is 12.1 Å². The maximum absolute atomic E-state index is 9.63. The van der Waals surface area contributed by atoms with Gasteiger partial charge in [-0.2, -0.15) is 0 Å². The normalized spacial score (nSPS) is 19.2. The lowest BCUT2D eigenvalue weighted by Crippen LogP contribution is -2.22. The zero-order chi connectivity index (χ0) is 12.5. The highest BCUT2D eigenvalue weighted by Gasteiger charge is 2.22. The van der Waals surface area contributed by atoms with Crippen LogP contribution in [0.1, 0.15) is 43.9 Å². The van der Waals surface area contributed by atoms with E-state index < -0.39 is 5.60 Å². The van der Waals surface area contributed by atoms with Crippen LogP contribution in [0.25, 0.3) is 0 Å². The van der Waals surface area contributed by atoms with Crippen LogP contribution in [0, 0.1) is 0 Å². The molecule has 0 fully saturated rings. The van der Waals surface area contributed by atoms with Crippen molar-refractivity contribution in [2.24, 2.45) is 5.73 Å². The Labute approximate surface area is 103 Å². The summed E-state index contributed by atoms with van der Waals surface area (Å²) in [6.45, 7) is 4.12. The van der Waals surface area contributed by atoms with Crippen molar-refractivity contribution in [1.29, 1.82) is 0 Å². The molecule has 1 aromatic carbocycles. The van der Waals surface area contributed by atoms with Crippen LogP contribution in [-0.4, -0.2) is 17.3 Å². The second-order valence-corrected chi connectivity index (χ2v) is 5.38. The number of aliphatic hydroxyl groups is 1. The molecule has 0 aliphatic heterocycles. The molecule has 0 aromatic heterocycles. The van der Waals surface area contributed by atoms with Gasteiger partial charge in [0.1, 0.15) is 5.75 Å². The van der Waals surface area contributed by atoms with Crippen LogP contribution in [0.15, 0.2) is 18.2 Å². The average molecular weight is 235 g/mol. The van der Waals surface area contributed by atoms with E-state index in [0.29, 0.717) is 13.0 Å². The molecule has 1 aromatic rings. The number of nitrogens with two attached hydrogens (primary N) is 1. The molecule has 0 spiro atoms. The Morgan fingerprint density at radius 1 is 1.47 bits per heavy atom. The minimum atomic E-state index is -0.672. The van der Waals surface area contributed by atoms with Gasteiger partial charge in [0.05, 0.1) is 12.2 Å². The van der Waals surface area contributed by atoms with Gasteiger partial charge in [-0.3, -0.25) is 0 Å². The van der Waals surface area contributed by atoms with Crippen LogP contribution in [0.2, 0.25) is 0 Å². The fourth-order valence-corrected chi connectivity index (χ4v) is 2.20. The van der Waals surface area contributed by atoms with Gasteiger partial charge in [-0.25, -0.2) is 0 Å². The number of hydrogen-bond donors (Lipinski definition) is 2. The predicted octanol–water partition coefficient (Wildman–Crippen LogP) is 2.17. The smallest absolute Gasteiger partial charge is 0.122 e. The van der Waals surface area contributed by atoms with E-state index in [-0.39, 0.29) is 6.04 Å². The SMILES string of the molecule is CC(C)(O)CCOc1cccc2c1CCC2N. The average Bonchev–Trinajstić information content (AvgIpc) is 2.60. The Morgan fingerprint density at radius 3 is 2.94 bits per heavy atom. The minimum Gasteiger partial charge on any atom is -0.493 e. The van der Waals surface area contributed by atoms with Gasteiger partial charge in [-0.05, 0) is 43.9 Å². The highest BCUT2D eigenvalue weighted by atomic mass is 16.5. The molecule has 3 heteroatoms. The zero-order valence-corrected chi connectivity index (χ0v) is 10.6. The van der Waals surface area contributed by atoms with Gasteiger partial charge in [0.2, 0.25) is 0 Å². The van der Waals surface area contributed by atoms with Gasteiger partial charge in [-0.15, -0.1) is 0 Å². The van der Waals surface area contributed by atoms with Crippen LogP contribution in [0.3, 0.4) is 0 Å². The summed E-state index contributed by atoms with van der Waals surface area (Å²) in [5.74, 6) is 0.930. The third-order valence-electron chi connectivity index (χ3n) is 3.25. The summed E-state index contributed by atoms with van der Waals surface area (Å²) >= 11 is 0. The monoisotopic (exact) mass is 235 g/mol. The summed E-state index contributed by atoms with van der Waals surface area (Å²) in [5.41, 5.74) is 7.81. The lowest BCUT2D eigenvalue weighted by Gasteiger charge is -2.18. The van der Waals surface area contributed by atoms with Crippen molar-refractivity contribution in [3.05, 3.63) is 29.3 Å². The number of benzene rings is 1. The van der Waals surface area contributed by atoms with E-state index in [2.05, 4.69) is 6.07 Å². The Morgan fingerprint density at radius 2 is 2.24 bits per heavy atom. The molecule has 0 amide bonds. The molecular weight excluding hydrogens is 214 g/mol. The molecule has 17 heavy (non-hydrogen) atoms. The number of hydrogen-bond acceptors (Lipinski definition) is 3. The van der Waals surface area contributed by atoms with Crippen molar-refractivity contribution < 1.29 is 9.84 Å². The van der Waals surface area contributed by atoms with E-state index in [0.717, 1.165) is 18.6 Å². The van der Waals surface area contributed by atoms with Crippen LogP contribution in [0.5, 0.6) is 5.75 Å². The molecular formula is C14H21NO2. The van der Waals surface area contributed by atoms with Crippen LogP contribution in [-0.2, 0) is 6.42 Å². The van der Waals surface area contributed by atoms with E-state index >= 15 is 0 Å². The molecule has 0 bridgehead atoms. The van der Waals surface area contributed by atoms with Crippen molar-refractivity contribution in [3.8, 4) is 5.75 Å². The summed E-state index contributed by atoms with van der Waals surface area (Å²) in [7, 11) is 0. The standard InChI is InChI=1S/C14H21NO2/c1-14(2,16)8-9-17-13-5-3-4-10-11(13)6-7-12(10)15/h3-5,12,16H,6-9,15H2,1-2H3. The predicted molar refractivity (Wildman–Crippen MR) is 68.1 cm³/mol. The summed E-state index contributed by atoms with van der Waals surface area (Å²) in [6.07, 6.45) is 2.62. The fraction of sp³-hybridized carbons (Fsp3) is 0.571. The lowest BCUT2D eigenvalue weighted by molar-refractivity contribution is 0.0552. The van der Waals surface area contributed by atoms with Crippen LogP contribution < -0.4 is 10.5 Å². The van der Waals surface area contributed by atoms with Crippen LogP contribution in [0.4, 0.5) is 0 Å². The quantitative estimate of drug-likeness (QED) is 0.841. The Hall–Kier alpha value is -1.06. The number of ether oxygens (including phenoxy) is 1.